The number of allylic oxidation sites excluding steroid dienone is 2. The molecule has 3 rings (SSSR count). The van der Waals surface area contributed by atoms with Gasteiger partial charge >= 0.3 is 6.85 Å². The second kappa shape index (κ2) is 26.8. The fourth-order valence-electron chi connectivity index (χ4n) is 10.1. The van der Waals surface area contributed by atoms with Crippen LogP contribution in [0.3, 0.4) is 0 Å². The molecule has 2 aromatic rings. The van der Waals surface area contributed by atoms with Crippen molar-refractivity contribution in [1.29, 1.82) is 0 Å². The van der Waals surface area contributed by atoms with Crippen molar-refractivity contribution in [2.75, 3.05) is 66.1 Å². The van der Waals surface area contributed by atoms with E-state index in [4.69, 9.17) is 32.8 Å². The fourth-order valence-corrected chi connectivity index (χ4v) is 21.3. The van der Waals surface area contributed by atoms with Gasteiger partial charge in [0.2, 0.25) is 0 Å². The first-order valence-corrected chi connectivity index (χ1v) is 28.7. The van der Waals surface area contributed by atoms with Gasteiger partial charge < -0.3 is 32.3 Å². The number of aromatic nitrogens is 1. The van der Waals surface area contributed by atoms with E-state index in [9.17, 15) is 0 Å². The number of hydrogen-bond donors (Lipinski definition) is 0. The summed E-state index contributed by atoms with van der Waals surface area (Å²) in [4.78, 5) is 5.05. The maximum atomic E-state index is 6.65. The van der Waals surface area contributed by atoms with Crippen LogP contribution in [0.4, 0.5) is 0 Å². The molecule has 0 spiro atoms. The minimum absolute atomic E-state index is 0.264. The second-order valence-electron chi connectivity index (χ2n) is 18.7. The number of nitrogens with zero attached hydrogens (tertiary/aromatic N) is 2. The number of aliphatic imine (C=N–C) groups is 1. The summed E-state index contributed by atoms with van der Waals surface area (Å²) in [6.45, 7) is 40.4. The van der Waals surface area contributed by atoms with E-state index in [1.807, 2.05) is 6.92 Å². The molecule has 1 aliphatic rings. The molecule has 8 nitrogen and oxygen atoms in total. The van der Waals surface area contributed by atoms with Crippen molar-refractivity contribution in [2.24, 2.45) is 4.99 Å². The Kier molecular flexibility index (Phi) is 23.4. The lowest BCUT2D eigenvalue weighted by Gasteiger charge is -2.42. The predicted molar refractivity (Wildman–Crippen MR) is 280 cm³/mol. The number of ether oxygens (including phenoxy) is 4. The van der Waals surface area contributed by atoms with E-state index >= 15 is 0 Å². The molecular weight excluding hydrogens is 930 g/mol. The van der Waals surface area contributed by atoms with Crippen molar-refractivity contribution in [2.45, 2.75) is 144 Å². The highest BCUT2D eigenvalue weighted by molar-refractivity contribution is 14.1. The van der Waals surface area contributed by atoms with Gasteiger partial charge in [0.05, 0.1) is 58.6 Å². The maximum absolute atomic E-state index is 6.65. The van der Waals surface area contributed by atoms with Gasteiger partial charge in [0.1, 0.15) is 13.2 Å². The molecule has 0 saturated heterocycles. The third-order valence-corrected chi connectivity index (χ3v) is 25.5. The summed E-state index contributed by atoms with van der Waals surface area (Å²) in [6, 6.07) is 10.9. The maximum Gasteiger partial charge on any atom is 0.433 e. The minimum atomic E-state index is -1.91. The monoisotopic (exact) mass is 1010 g/mol. The Bertz CT molecular complexity index is 1850. The van der Waals surface area contributed by atoms with Crippen LogP contribution in [-0.4, -0.2) is 99.7 Å². The highest BCUT2D eigenvalue weighted by Gasteiger charge is 2.46. The van der Waals surface area contributed by atoms with Crippen molar-refractivity contribution >= 4 is 57.4 Å². The molecule has 0 aliphatic carbocycles. The Morgan fingerprint density at radius 1 is 0.619 bits per heavy atom. The molecule has 0 N–H and O–H groups in total. The Balaban J connectivity index is 1.76. The van der Waals surface area contributed by atoms with Crippen LogP contribution in [0.25, 0.3) is 5.57 Å². The molecule has 0 unspecified atom stereocenters. The number of rotatable bonds is 25. The van der Waals surface area contributed by atoms with Gasteiger partial charge in [0, 0.05) is 26.2 Å². The molecule has 0 saturated carbocycles. The summed E-state index contributed by atoms with van der Waals surface area (Å²) in [7, 11) is -3.82. The van der Waals surface area contributed by atoms with Crippen LogP contribution in [0.5, 0.6) is 0 Å². The Hall–Kier alpha value is -2.24. The van der Waals surface area contributed by atoms with E-state index in [-0.39, 0.29) is 13.2 Å². The third kappa shape index (κ3) is 14.9. The molecule has 12 heteroatoms. The summed E-state index contributed by atoms with van der Waals surface area (Å²) in [6.07, 6.45) is 2.15. The number of hydrogen-bond acceptors (Lipinski definition) is 7. The summed E-state index contributed by atoms with van der Waals surface area (Å²) in [5.41, 5.74) is 11.8. The zero-order valence-corrected chi connectivity index (χ0v) is 46.0. The van der Waals surface area contributed by atoms with Crippen LogP contribution in [-0.2, 0) is 27.8 Å². The van der Waals surface area contributed by atoms with Crippen molar-refractivity contribution < 1.29 is 27.8 Å². The van der Waals surface area contributed by atoms with Crippen LogP contribution in [0.15, 0.2) is 52.7 Å². The molecule has 348 valence electrons. The molecule has 0 atom stereocenters. The predicted octanol–water partition coefficient (Wildman–Crippen LogP) is 12.3. The smallest absolute Gasteiger partial charge is 0.414 e. The van der Waals surface area contributed by atoms with Crippen LogP contribution >= 0.6 is 22.6 Å². The topological polar surface area (TPSA) is 72.7 Å². The van der Waals surface area contributed by atoms with Gasteiger partial charge in [0.25, 0.3) is 0 Å². The highest BCUT2D eigenvalue weighted by Crippen LogP contribution is 2.43. The normalized spacial score (nSPS) is 14.2. The second-order valence-corrected chi connectivity index (χ2v) is 30.9. The molecular formula is C51H80BIN2O6Si2. The van der Waals surface area contributed by atoms with Gasteiger partial charge in [-0.1, -0.05) is 107 Å². The SMILES string of the molecule is CC1=CC(C)=N/C1=C(/c1ccc(I)cc1)c1c(C)cc(C)n1B(C#CCOCCOCCO[Si](C(C)C)(C(C)C)C(C)C)C#CCOCCOCCO[Si](C(C)C)(C(C)C)C(C)C. The van der Waals surface area contributed by atoms with E-state index in [1.54, 1.807) is 0 Å². The van der Waals surface area contributed by atoms with Crippen molar-refractivity contribution in [3.8, 4) is 23.5 Å². The Labute approximate surface area is 399 Å². The first kappa shape index (κ1) is 55.1. The number of benzene rings is 1. The average molecular weight is 1010 g/mol. The Morgan fingerprint density at radius 3 is 1.43 bits per heavy atom. The lowest BCUT2D eigenvalue weighted by molar-refractivity contribution is 0.0435. The largest absolute Gasteiger partial charge is 0.433 e. The number of halogens is 1. The van der Waals surface area contributed by atoms with Gasteiger partial charge in [0.15, 0.2) is 16.6 Å². The first-order valence-electron chi connectivity index (χ1n) is 23.3. The van der Waals surface area contributed by atoms with Gasteiger partial charge in [-0.25, -0.2) is 0 Å². The lowest BCUT2D eigenvalue weighted by atomic mass is 9.63. The third-order valence-electron chi connectivity index (χ3n) is 12.5. The van der Waals surface area contributed by atoms with Crippen LogP contribution in [0.2, 0.25) is 33.2 Å². The quantitative estimate of drug-likeness (QED) is 0.0427. The zero-order valence-electron chi connectivity index (χ0n) is 41.8. The molecule has 1 aromatic heterocycles. The summed E-state index contributed by atoms with van der Waals surface area (Å²) < 4.78 is 40.5. The van der Waals surface area contributed by atoms with E-state index in [2.05, 4.69) is 191 Å². The average Bonchev–Trinajstić information content (AvgIpc) is 3.69. The van der Waals surface area contributed by atoms with Crippen LogP contribution < -0.4 is 0 Å². The summed E-state index contributed by atoms with van der Waals surface area (Å²) in [5.74, 6) is 13.5. The van der Waals surface area contributed by atoms with E-state index in [1.165, 1.54) is 3.57 Å². The standard InChI is InChI=1S/C51H80BIN2O6Si2/c1-37(2)62(38(3)4,39(5)6)60-33-31-58-29-27-56-25-17-23-52(24-18-26-57-28-30-59-32-34-61-63(40(7)8,41(9)10)42(11)12)55-46(16)36-44(14)51(55)49(47-19-21-48(53)22-20-47)50-43(13)35-45(15)54-50/h19-22,35-42H,25-34H2,1-16H3/b50-49-. The molecule has 0 bridgehead atoms. The zero-order chi connectivity index (χ0) is 46.9. The molecule has 63 heavy (non-hydrogen) atoms. The van der Waals surface area contributed by atoms with E-state index < -0.39 is 23.5 Å². The minimum Gasteiger partial charge on any atom is -0.414 e. The summed E-state index contributed by atoms with van der Waals surface area (Å²) >= 11 is 2.36. The molecule has 2 heterocycles. The van der Waals surface area contributed by atoms with Crippen molar-refractivity contribution in [3.05, 3.63) is 73.8 Å². The Morgan fingerprint density at radius 2 is 1.03 bits per heavy atom. The molecule has 0 radical (unpaired) electrons. The van der Waals surface area contributed by atoms with E-state index in [0.29, 0.717) is 86.1 Å². The molecule has 1 aromatic carbocycles. The van der Waals surface area contributed by atoms with Gasteiger partial charge in [-0.2, -0.15) is 0 Å². The van der Waals surface area contributed by atoms with Gasteiger partial charge in [-0.15, -0.1) is 11.6 Å². The van der Waals surface area contributed by atoms with Gasteiger partial charge in [-0.3, -0.25) is 4.99 Å². The fraction of sp³-hybridized carbons (Fsp3) is 0.627. The molecule has 1 aliphatic heterocycles. The lowest BCUT2D eigenvalue weighted by Crippen LogP contribution is -2.48. The van der Waals surface area contributed by atoms with Crippen molar-refractivity contribution in [3.63, 3.8) is 0 Å². The summed E-state index contributed by atoms with van der Waals surface area (Å²) in [5, 5.41) is 0. The van der Waals surface area contributed by atoms with E-state index in [0.717, 1.165) is 45.1 Å². The first-order chi connectivity index (χ1) is 29.8. The highest BCUT2D eigenvalue weighted by atomic mass is 127. The van der Waals surface area contributed by atoms with Crippen molar-refractivity contribution in [1.82, 2.24) is 4.48 Å². The molecule has 0 fully saturated rings. The molecule has 0 amide bonds. The van der Waals surface area contributed by atoms with Crippen LogP contribution in [0, 0.1) is 40.9 Å². The van der Waals surface area contributed by atoms with Crippen LogP contribution in [0.1, 0.15) is 119 Å². The number of aryl methyl sites for hydroxylation is 2. The van der Waals surface area contributed by atoms with Gasteiger partial charge in [-0.05, 0) is 125 Å².